The number of nitrogens with one attached hydrogen (secondary N) is 2. The molecule has 4 N–H and O–H groups in total. The summed E-state index contributed by atoms with van der Waals surface area (Å²) < 4.78 is 0. The molecule has 4 aromatic carbocycles. The van der Waals surface area contributed by atoms with E-state index >= 15 is 0 Å². The molecule has 43 heavy (non-hydrogen) atoms. The Hall–Kier alpha value is -3.96. The molecule has 0 spiro atoms. The molecule has 0 heterocycles. The number of carbonyl (C=O) groups is 2. The molecule has 0 fully saturated rings. The summed E-state index contributed by atoms with van der Waals surface area (Å²) in [5.41, 5.74) is 4.83. The summed E-state index contributed by atoms with van der Waals surface area (Å²) in [6.07, 6.45) is 2.27. The Labute approximate surface area is 275 Å². The van der Waals surface area contributed by atoms with Crippen molar-refractivity contribution >= 4 is 70.6 Å². The Morgan fingerprint density at radius 1 is 0.651 bits per heavy atom. The van der Waals surface area contributed by atoms with Gasteiger partial charge in [0.1, 0.15) is 11.5 Å². The van der Waals surface area contributed by atoms with Crippen LogP contribution in [0.1, 0.15) is 31.8 Å². The quantitative estimate of drug-likeness (QED) is 0.124. The molecule has 0 aliphatic carbocycles. The molecule has 0 aliphatic rings. The predicted octanol–water partition coefficient (Wildman–Crippen LogP) is 5.07. The van der Waals surface area contributed by atoms with E-state index < -0.39 is 23.3 Å². The molecule has 0 aliphatic heterocycles. The first kappa shape index (κ1) is 35.2. The van der Waals surface area contributed by atoms with E-state index in [4.69, 9.17) is 46.4 Å². The maximum Gasteiger partial charge on any atom is 2.00 e. The summed E-state index contributed by atoms with van der Waals surface area (Å²) in [6.45, 7) is 0. The minimum Gasteiger partial charge on any atom is -0.871 e. The Balaban J connectivity index is 0.000000293. The molecule has 4 aromatic rings. The van der Waals surface area contributed by atoms with Gasteiger partial charge in [0.05, 0.1) is 23.6 Å². The maximum absolute atomic E-state index is 11.8. The van der Waals surface area contributed by atoms with Gasteiger partial charge in [0.25, 0.3) is 11.8 Å². The SMILES string of the molecule is O=C(N/N=C\c1cc(Cl)cc(Cl)c1[O-])c1ccccc1O.O=C(N/N=C\c1cc(Cl)cc(Cl)c1[O-])c1ccccc1O.[Cu+2]. The number of benzene rings is 4. The molecule has 2 amide bonds. The Morgan fingerprint density at radius 3 is 1.35 bits per heavy atom. The molecule has 0 saturated carbocycles. The zero-order valence-electron chi connectivity index (χ0n) is 21.3. The molecular weight excluding hydrogens is 694 g/mol. The molecular formula is C28H18Cl4CuN4O6. The molecule has 0 bridgehead atoms. The van der Waals surface area contributed by atoms with E-state index in [9.17, 15) is 30.0 Å². The first-order valence-corrected chi connectivity index (χ1v) is 13.0. The van der Waals surface area contributed by atoms with E-state index in [0.29, 0.717) is 0 Å². The molecule has 0 atom stereocenters. The van der Waals surface area contributed by atoms with Crippen molar-refractivity contribution in [3.8, 4) is 23.0 Å². The molecule has 1 radical (unpaired) electrons. The van der Waals surface area contributed by atoms with Crippen LogP contribution in [0.15, 0.2) is 83.0 Å². The van der Waals surface area contributed by atoms with Crippen LogP contribution in [-0.4, -0.2) is 34.5 Å². The van der Waals surface area contributed by atoms with Crippen LogP contribution in [0.5, 0.6) is 23.0 Å². The van der Waals surface area contributed by atoms with Gasteiger partial charge in [-0.05, 0) is 59.7 Å². The fourth-order valence-corrected chi connectivity index (χ4v) is 4.14. The fourth-order valence-electron chi connectivity index (χ4n) is 3.12. The van der Waals surface area contributed by atoms with Crippen LogP contribution in [0.4, 0.5) is 0 Å². The molecule has 15 heteroatoms. The molecule has 0 saturated heterocycles. The first-order valence-electron chi connectivity index (χ1n) is 11.5. The Bertz CT molecular complexity index is 1560. The van der Waals surface area contributed by atoms with Crippen molar-refractivity contribution < 1.29 is 47.1 Å². The first-order chi connectivity index (χ1) is 20.0. The normalized spacial score (nSPS) is 10.5. The van der Waals surface area contributed by atoms with Crippen LogP contribution in [-0.2, 0) is 17.1 Å². The van der Waals surface area contributed by atoms with Gasteiger partial charge in [-0.25, -0.2) is 10.9 Å². The number of halogens is 4. The van der Waals surface area contributed by atoms with Gasteiger partial charge in [-0.15, -0.1) is 0 Å². The van der Waals surface area contributed by atoms with Crippen LogP contribution in [0.3, 0.4) is 0 Å². The number of hydrazone groups is 2. The average molecular weight is 712 g/mol. The van der Waals surface area contributed by atoms with Crippen LogP contribution in [0, 0.1) is 0 Å². The van der Waals surface area contributed by atoms with Crippen LogP contribution in [0.25, 0.3) is 0 Å². The molecule has 4 rings (SSSR count). The third-order valence-corrected chi connectivity index (χ3v) is 6.11. The van der Waals surface area contributed by atoms with Crippen molar-refractivity contribution in [1.29, 1.82) is 0 Å². The number of rotatable bonds is 6. The van der Waals surface area contributed by atoms with Crippen molar-refractivity contribution in [2.45, 2.75) is 0 Å². The number of carbonyl (C=O) groups excluding carboxylic acids is 2. The fraction of sp³-hybridized carbons (Fsp3) is 0. The smallest absolute Gasteiger partial charge is 0.871 e. The minimum absolute atomic E-state index is 0. The summed E-state index contributed by atoms with van der Waals surface area (Å²) in [7, 11) is 0. The Kier molecular flexibility index (Phi) is 13.6. The number of para-hydroxylation sites is 2. The van der Waals surface area contributed by atoms with Gasteiger partial charge in [0, 0.05) is 20.1 Å². The minimum atomic E-state index is -0.607. The number of phenols is 2. The van der Waals surface area contributed by atoms with Gasteiger partial charge >= 0.3 is 17.1 Å². The number of aromatic hydroxyl groups is 2. The van der Waals surface area contributed by atoms with Crippen LogP contribution < -0.4 is 21.1 Å². The van der Waals surface area contributed by atoms with Gasteiger partial charge in [-0.1, -0.05) is 82.2 Å². The Morgan fingerprint density at radius 2 is 1.00 bits per heavy atom. The third kappa shape index (κ3) is 10.1. The largest absolute Gasteiger partial charge is 2.00 e. The second-order valence-electron chi connectivity index (χ2n) is 8.04. The number of phenolic OH excluding ortho intramolecular Hbond substituents is 2. The molecule has 0 unspecified atom stereocenters. The number of amides is 2. The van der Waals surface area contributed by atoms with Gasteiger partial charge in [-0.3, -0.25) is 9.59 Å². The number of hydrogen-bond donors (Lipinski definition) is 4. The van der Waals surface area contributed by atoms with Gasteiger partial charge in [0.15, 0.2) is 0 Å². The second kappa shape index (κ2) is 16.6. The summed E-state index contributed by atoms with van der Waals surface area (Å²) in [5.74, 6) is -2.43. The van der Waals surface area contributed by atoms with Crippen molar-refractivity contribution in [3.05, 3.63) is 115 Å². The third-order valence-electron chi connectivity index (χ3n) is 5.11. The number of hydrogen-bond acceptors (Lipinski definition) is 8. The number of nitrogens with zero attached hydrogens (tertiary/aromatic N) is 2. The van der Waals surface area contributed by atoms with E-state index in [0.717, 1.165) is 12.4 Å². The van der Waals surface area contributed by atoms with E-state index in [-0.39, 0.29) is 70.9 Å². The molecule has 225 valence electrons. The summed E-state index contributed by atoms with van der Waals surface area (Å²) in [4.78, 5) is 23.5. The van der Waals surface area contributed by atoms with Crippen LogP contribution >= 0.6 is 46.4 Å². The standard InChI is InChI=1S/2C14H10Cl2N2O3.Cu/c2*15-9-5-8(13(20)11(16)6-9)7-17-18-14(21)10-3-1-2-4-12(10)19;/h2*1-7,19-20H,(H,18,21);/q;;+2/p-2/b2*17-7-;. The molecule has 10 nitrogen and oxygen atoms in total. The van der Waals surface area contributed by atoms with Crippen LogP contribution in [0.2, 0.25) is 20.1 Å². The van der Waals surface area contributed by atoms with Crippen molar-refractivity contribution in [1.82, 2.24) is 10.9 Å². The van der Waals surface area contributed by atoms with E-state index in [2.05, 4.69) is 21.1 Å². The summed E-state index contributed by atoms with van der Waals surface area (Å²) >= 11 is 22.9. The zero-order valence-corrected chi connectivity index (χ0v) is 25.3. The van der Waals surface area contributed by atoms with E-state index in [1.807, 2.05) is 0 Å². The monoisotopic (exact) mass is 709 g/mol. The van der Waals surface area contributed by atoms with Gasteiger partial charge < -0.3 is 20.4 Å². The van der Waals surface area contributed by atoms with E-state index in [1.54, 1.807) is 24.3 Å². The van der Waals surface area contributed by atoms with Crippen molar-refractivity contribution in [2.75, 3.05) is 0 Å². The van der Waals surface area contributed by atoms with Gasteiger partial charge in [-0.2, -0.15) is 10.2 Å². The van der Waals surface area contributed by atoms with Gasteiger partial charge in [0.2, 0.25) is 0 Å². The average Bonchev–Trinajstić information content (AvgIpc) is 2.94. The summed E-state index contributed by atoms with van der Waals surface area (Å²) in [6, 6.07) is 17.4. The zero-order chi connectivity index (χ0) is 30.8. The second-order valence-corrected chi connectivity index (χ2v) is 9.73. The topological polar surface area (TPSA) is 169 Å². The predicted molar refractivity (Wildman–Crippen MR) is 158 cm³/mol. The summed E-state index contributed by atoms with van der Waals surface area (Å²) in [5, 5.41) is 50.2. The van der Waals surface area contributed by atoms with E-state index in [1.165, 1.54) is 48.5 Å². The van der Waals surface area contributed by atoms with Crippen molar-refractivity contribution in [3.63, 3.8) is 0 Å². The maximum atomic E-state index is 11.8. The molecule has 0 aromatic heterocycles. The van der Waals surface area contributed by atoms with Crippen molar-refractivity contribution in [2.24, 2.45) is 10.2 Å².